The summed E-state index contributed by atoms with van der Waals surface area (Å²) in [6, 6.07) is 5.57. The summed E-state index contributed by atoms with van der Waals surface area (Å²) in [5, 5.41) is 9.63. The van der Waals surface area contributed by atoms with E-state index in [1.54, 1.807) is 30.7 Å². The lowest BCUT2D eigenvalue weighted by atomic mass is 10.1. The number of ether oxygens (including phenoxy) is 1. The van der Waals surface area contributed by atoms with E-state index in [4.69, 9.17) is 15.6 Å². The van der Waals surface area contributed by atoms with Gasteiger partial charge in [0.05, 0.1) is 6.61 Å². The number of carbonyl (C=O) groups is 1. The highest BCUT2D eigenvalue weighted by Gasteiger charge is 2.06. The first-order chi connectivity index (χ1) is 11.7. The number of fused-ring (bicyclic) bond motifs is 1. The van der Waals surface area contributed by atoms with Crippen LogP contribution < -0.4 is 10.5 Å². The lowest BCUT2D eigenvalue weighted by Gasteiger charge is -2.05. The van der Waals surface area contributed by atoms with Crippen LogP contribution in [-0.4, -0.2) is 39.2 Å². The number of H-pyrrole nitrogens is 1. The van der Waals surface area contributed by atoms with E-state index in [0.29, 0.717) is 5.88 Å². The molecule has 7 heteroatoms. The van der Waals surface area contributed by atoms with Crippen LogP contribution in [-0.2, 0) is 4.79 Å². The molecule has 3 aromatic heterocycles. The number of primary amides is 1. The smallest absolute Gasteiger partial charge is 0.241 e. The van der Waals surface area contributed by atoms with Crippen LogP contribution in [0.5, 0.6) is 5.88 Å². The molecular weight excluding hydrogens is 308 g/mol. The number of nitrogens with one attached hydrogen (secondary N) is 1. The Balaban J connectivity index is 1.92. The number of carbonyl (C=O) groups excluding carboxylic acids is 1. The van der Waals surface area contributed by atoms with Gasteiger partial charge >= 0.3 is 0 Å². The molecule has 3 heterocycles. The molecule has 4 N–H and O–H groups in total. The maximum absolute atomic E-state index is 10.9. The Kier molecular flexibility index (Phi) is 4.53. The second-order valence-electron chi connectivity index (χ2n) is 5.06. The number of aliphatic hydroxyl groups is 1. The van der Waals surface area contributed by atoms with E-state index in [1.807, 2.05) is 12.1 Å². The van der Waals surface area contributed by atoms with Crippen molar-refractivity contribution in [3.05, 3.63) is 48.4 Å². The molecule has 0 saturated heterocycles. The molecule has 0 unspecified atom stereocenters. The fourth-order valence-corrected chi connectivity index (χ4v) is 2.28. The third-order valence-electron chi connectivity index (χ3n) is 3.40. The maximum Gasteiger partial charge on any atom is 0.241 e. The van der Waals surface area contributed by atoms with Gasteiger partial charge in [0.15, 0.2) is 0 Å². The number of hydrogen-bond donors (Lipinski definition) is 3. The van der Waals surface area contributed by atoms with Crippen LogP contribution in [0.4, 0.5) is 0 Å². The Labute approximate surface area is 137 Å². The zero-order valence-electron chi connectivity index (χ0n) is 12.8. The zero-order chi connectivity index (χ0) is 16.9. The lowest BCUT2D eigenvalue weighted by molar-refractivity contribution is -0.113. The number of rotatable bonds is 6. The Hall–Kier alpha value is -3.19. The molecule has 0 aliphatic heterocycles. The minimum absolute atomic E-state index is 0.0564. The average molecular weight is 324 g/mol. The summed E-state index contributed by atoms with van der Waals surface area (Å²) in [5.41, 5.74) is 8.45. The van der Waals surface area contributed by atoms with Gasteiger partial charge in [0.1, 0.15) is 12.3 Å². The fraction of sp³-hybridized carbons (Fsp3) is 0.118. The second-order valence-corrected chi connectivity index (χ2v) is 5.06. The van der Waals surface area contributed by atoms with Crippen molar-refractivity contribution in [2.45, 2.75) is 0 Å². The first-order valence-electron chi connectivity index (χ1n) is 7.32. The molecule has 7 nitrogen and oxygen atoms in total. The van der Waals surface area contributed by atoms with Crippen molar-refractivity contribution in [3.8, 4) is 17.0 Å². The normalized spacial score (nSPS) is 11.2. The fourth-order valence-electron chi connectivity index (χ4n) is 2.28. The highest BCUT2D eigenvalue weighted by molar-refractivity contribution is 5.95. The van der Waals surface area contributed by atoms with Gasteiger partial charge in [-0.25, -0.2) is 9.97 Å². The molecule has 0 spiro atoms. The van der Waals surface area contributed by atoms with Crippen molar-refractivity contribution in [2.75, 3.05) is 13.2 Å². The monoisotopic (exact) mass is 324 g/mol. The summed E-state index contributed by atoms with van der Waals surface area (Å²) in [4.78, 5) is 22.5. The molecule has 3 aromatic rings. The second kappa shape index (κ2) is 6.93. The third kappa shape index (κ3) is 3.41. The molecule has 0 aromatic carbocycles. The van der Waals surface area contributed by atoms with Crippen LogP contribution in [0.2, 0.25) is 0 Å². The number of nitrogens with zero attached hydrogens (tertiary/aromatic N) is 2. The Morgan fingerprint density at radius 1 is 1.29 bits per heavy atom. The number of hydrogen-bond acceptors (Lipinski definition) is 5. The molecule has 3 rings (SSSR count). The molecular formula is C17H16N4O3. The molecule has 1 amide bonds. The highest BCUT2D eigenvalue weighted by Crippen LogP contribution is 2.25. The third-order valence-corrected chi connectivity index (χ3v) is 3.40. The number of aliphatic hydroxyl groups excluding tert-OH is 1. The van der Waals surface area contributed by atoms with Gasteiger partial charge in [0.2, 0.25) is 11.8 Å². The summed E-state index contributed by atoms with van der Waals surface area (Å²) in [6.07, 6.45) is 8.15. The van der Waals surface area contributed by atoms with Gasteiger partial charge in [-0.2, -0.15) is 0 Å². The maximum atomic E-state index is 10.9. The van der Waals surface area contributed by atoms with Gasteiger partial charge in [-0.1, -0.05) is 0 Å². The van der Waals surface area contributed by atoms with Gasteiger partial charge in [0, 0.05) is 52.8 Å². The minimum atomic E-state index is -0.504. The van der Waals surface area contributed by atoms with Gasteiger partial charge in [-0.05, 0) is 18.2 Å². The van der Waals surface area contributed by atoms with Gasteiger partial charge in [0.25, 0.3) is 0 Å². The number of pyridine rings is 2. The number of aromatic amines is 1. The highest BCUT2D eigenvalue weighted by atomic mass is 16.5. The summed E-state index contributed by atoms with van der Waals surface area (Å²) in [7, 11) is 0. The summed E-state index contributed by atoms with van der Waals surface area (Å²) >= 11 is 0. The van der Waals surface area contributed by atoms with E-state index in [0.717, 1.165) is 27.7 Å². The number of nitrogens with two attached hydrogens (primary N) is 1. The van der Waals surface area contributed by atoms with Crippen molar-refractivity contribution in [2.24, 2.45) is 5.73 Å². The SMILES string of the molecule is NC(=O)C=Cc1c[nH]c2ncc(-c3ccc(OCCO)nc3)cc12. The van der Waals surface area contributed by atoms with Crippen LogP contribution in [0.15, 0.2) is 42.9 Å². The van der Waals surface area contributed by atoms with Crippen LogP contribution in [0, 0.1) is 0 Å². The predicted octanol–water partition coefficient (Wildman–Crippen LogP) is 1.49. The van der Waals surface area contributed by atoms with E-state index >= 15 is 0 Å². The molecule has 0 aliphatic carbocycles. The summed E-state index contributed by atoms with van der Waals surface area (Å²) in [5.74, 6) is -0.0512. The Morgan fingerprint density at radius 2 is 2.12 bits per heavy atom. The predicted molar refractivity (Wildman–Crippen MR) is 90.1 cm³/mol. The summed E-state index contributed by atoms with van der Waals surface area (Å²) < 4.78 is 5.24. The van der Waals surface area contributed by atoms with Crippen LogP contribution in [0.1, 0.15) is 5.56 Å². The van der Waals surface area contributed by atoms with Gasteiger partial charge in [-0.15, -0.1) is 0 Å². The Morgan fingerprint density at radius 3 is 2.83 bits per heavy atom. The van der Waals surface area contributed by atoms with Crippen molar-refractivity contribution in [1.29, 1.82) is 0 Å². The van der Waals surface area contributed by atoms with Crippen molar-refractivity contribution >= 4 is 23.0 Å². The van der Waals surface area contributed by atoms with Gasteiger partial charge in [-0.3, -0.25) is 4.79 Å². The molecule has 0 aliphatic rings. The van der Waals surface area contributed by atoms with E-state index in [1.165, 1.54) is 6.08 Å². The van der Waals surface area contributed by atoms with Crippen LogP contribution in [0.25, 0.3) is 28.2 Å². The molecule has 0 atom stereocenters. The number of amides is 1. The molecule has 0 radical (unpaired) electrons. The van der Waals surface area contributed by atoms with Crippen molar-refractivity contribution < 1.29 is 14.6 Å². The standard InChI is InChI=1S/C17H16N4O3/c18-15(23)3-1-12-9-20-17-14(12)7-13(10-21-17)11-2-4-16(19-8-11)24-6-5-22/h1-4,7-10,22H,5-6H2,(H2,18,23)(H,20,21). The molecule has 0 bridgehead atoms. The molecule has 122 valence electrons. The van der Waals surface area contributed by atoms with Crippen LogP contribution >= 0.6 is 0 Å². The average Bonchev–Trinajstić information content (AvgIpc) is 3.01. The number of aromatic nitrogens is 3. The lowest BCUT2D eigenvalue weighted by Crippen LogP contribution is -2.04. The van der Waals surface area contributed by atoms with E-state index in [2.05, 4.69) is 15.0 Å². The van der Waals surface area contributed by atoms with Gasteiger partial charge < -0.3 is 20.6 Å². The first kappa shape index (κ1) is 15.7. The van der Waals surface area contributed by atoms with Crippen molar-refractivity contribution in [1.82, 2.24) is 15.0 Å². The molecule has 0 fully saturated rings. The summed E-state index contributed by atoms with van der Waals surface area (Å²) in [6.45, 7) is 0.151. The largest absolute Gasteiger partial charge is 0.475 e. The van der Waals surface area contributed by atoms with Crippen molar-refractivity contribution in [3.63, 3.8) is 0 Å². The van der Waals surface area contributed by atoms with E-state index in [9.17, 15) is 4.79 Å². The zero-order valence-corrected chi connectivity index (χ0v) is 12.8. The molecule has 0 saturated carbocycles. The van der Waals surface area contributed by atoms with E-state index in [-0.39, 0.29) is 13.2 Å². The minimum Gasteiger partial charge on any atom is -0.475 e. The van der Waals surface area contributed by atoms with E-state index < -0.39 is 5.91 Å². The molecule has 24 heavy (non-hydrogen) atoms. The quantitative estimate of drug-likeness (QED) is 0.594. The topological polar surface area (TPSA) is 114 Å². The first-order valence-corrected chi connectivity index (χ1v) is 7.32. The van der Waals surface area contributed by atoms with Crippen LogP contribution in [0.3, 0.4) is 0 Å². The Bertz CT molecular complexity index is 884.